The minimum absolute atomic E-state index is 0.0667. The molecule has 1 aromatic carbocycles. The molecule has 0 aliphatic heterocycles. The van der Waals surface area contributed by atoms with E-state index in [2.05, 4.69) is 0 Å². The molecular formula is C13H16O2. The fourth-order valence-corrected chi connectivity index (χ4v) is 1.63. The smallest absolute Gasteiger partial charge is 0.163 e. The fourth-order valence-electron chi connectivity index (χ4n) is 1.63. The summed E-state index contributed by atoms with van der Waals surface area (Å²) in [6, 6.07) is 7.45. The van der Waals surface area contributed by atoms with Gasteiger partial charge in [0.05, 0.1) is 12.2 Å². The normalized spacial score (nSPS) is 15.0. The Morgan fingerprint density at radius 3 is 2.80 bits per heavy atom. The van der Waals surface area contributed by atoms with Crippen LogP contribution < -0.4 is 4.74 Å². The van der Waals surface area contributed by atoms with Gasteiger partial charge in [0, 0.05) is 0 Å². The van der Waals surface area contributed by atoms with Crippen LogP contribution in [0.1, 0.15) is 36.5 Å². The summed E-state index contributed by atoms with van der Waals surface area (Å²) in [6.07, 6.45) is 3.81. The highest BCUT2D eigenvalue weighted by atomic mass is 16.5. The van der Waals surface area contributed by atoms with E-state index in [9.17, 15) is 4.79 Å². The van der Waals surface area contributed by atoms with Crippen molar-refractivity contribution in [3.63, 3.8) is 0 Å². The lowest BCUT2D eigenvalue weighted by Crippen LogP contribution is -2.03. The molecule has 0 N–H and O–H groups in total. The maximum atomic E-state index is 11.3. The van der Waals surface area contributed by atoms with E-state index < -0.39 is 0 Å². The molecule has 1 aliphatic carbocycles. The van der Waals surface area contributed by atoms with Gasteiger partial charge in [-0.1, -0.05) is 25.0 Å². The monoisotopic (exact) mass is 204 g/mol. The minimum Gasteiger partial charge on any atom is -0.493 e. The van der Waals surface area contributed by atoms with Crippen LogP contribution in [-0.4, -0.2) is 12.4 Å². The summed E-state index contributed by atoms with van der Waals surface area (Å²) >= 11 is 0. The van der Waals surface area contributed by atoms with Gasteiger partial charge in [-0.25, -0.2) is 0 Å². The highest BCUT2D eigenvalue weighted by molar-refractivity contribution is 5.96. The van der Waals surface area contributed by atoms with Crippen LogP contribution in [0.15, 0.2) is 24.3 Å². The molecule has 1 fully saturated rings. The Kier molecular flexibility index (Phi) is 3.05. The van der Waals surface area contributed by atoms with Crippen LogP contribution >= 0.6 is 0 Å². The summed E-state index contributed by atoms with van der Waals surface area (Å²) in [6.45, 7) is 2.30. The number of ether oxygens (including phenoxy) is 1. The summed E-state index contributed by atoms with van der Waals surface area (Å²) in [4.78, 5) is 11.3. The molecule has 0 bridgehead atoms. The first kappa shape index (κ1) is 10.2. The number of carbonyl (C=O) groups excluding carboxylic acids is 1. The van der Waals surface area contributed by atoms with Gasteiger partial charge in [-0.2, -0.15) is 0 Å². The highest BCUT2D eigenvalue weighted by Gasteiger charge is 2.20. The van der Waals surface area contributed by atoms with Crippen molar-refractivity contribution in [3.05, 3.63) is 29.8 Å². The van der Waals surface area contributed by atoms with Crippen LogP contribution in [0.4, 0.5) is 0 Å². The van der Waals surface area contributed by atoms with Gasteiger partial charge in [0.25, 0.3) is 0 Å². The zero-order chi connectivity index (χ0) is 10.7. The largest absolute Gasteiger partial charge is 0.493 e. The number of rotatable bonds is 5. The number of para-hydroxylation sites is 1. The molecule has 2 nitrogen and oxygen atoms in total. The van der Waals surface area contributed by atoms with Gasteiger partial charge in [0.15, 0.2) is 5.78 Å². The maximum Gasteiger partial charge on any atom is 0.163 e. The quantitative estimate of drug-likeness (QED) is 0.689. The van der Waals surface area contributed by atoms with Gasteiger partial charge in [0.2, 0.25) is 0 Å². The number of Topliss-reactive ketones (excluding diaryl/α,β-unsaturated/α-hetero) is 1. The second-order valence-corrected chi connectivity index (χ2v) is 4.13. The molecule has 80 valence electrons. The number of benzene rings is 1. The molecular weight excluding hydrogens is 188 g/mol. The average molecular weight is 204 g/mol. The predicted octanol–water partition coefficient (Wildman–Crippen LogP) is 3.07. The molecule has 2 rings (SSSR count). The Balaban J connectivity index is 1.95. The van der Waals surface area contributed by atoms with Crippen molar-refractivity contribution >= 4 is 5.78 Å². The van der Waals surface area contributed by atoms with Crippen LogP contribution in [0.3, 0.4) is 0 Å². The Labute approximate surface area is 90.3 Å². The van der Waals surface area contributed by atoms with Crippen molar-refractivity contribution in [1.29, 1.82) is 0 Å². The summed E-state index contributed by atoms with van der Waals surface area (Å²) in [5, 5.41) is 0. The zero-order valence-electron chi connectivity index (χ0n) is 9.03. The third-order valence-electron chi connectivity index (χ3n) is 2.75. The van der Waals surface area contributed by atoms with Crippen molar-refractivity contribution in [3.8, 4) is 5.75 Å². The van der Waals surface area contributed by atoms with Crippen molar-refractivity contribution < 1.29 is 9.53 Å². The lowest BCUT2D eigenvalue weighted by molar-refractivity contribution is 0.101. The Hall–Kier alpha value is -1.31. The Bertz CT molecular complexity index is 353. The second-order valence-electron chi connectivity index (χ2n) is 4.13. The van der Waals surface area contributed by atoms with Crippen molar-refractivity contribution in [2.75, 3.05) is 6.61 Å². The van der Waals surface area contributed by atoms with E-state index >= 15 is 0 Å². The summed E-state index contributed by atoms with van der Waals surface area (Å²) in [5.41, 5.74) is 0.688. The molecule has 1 aromatic rings. The Morgan fingerprint density at radius 2 is 2.13 bits per heavy atom. The van der Waals surface area contributed by atoms with Gasteiger partial charge >= 0.3 is 0 Å². The summed E-state index contributed by atoms with van der Waals surface area (Å²) in [7, 11) is 0. The van der Waals surface area contributed by atoms with Crippen LogP contribution in [0, 0.1) is 5.92 Å². The molecule has 2 heteroatoms. The number of ketones is 1. The van der Waals surface area contributed by atoms with Crippen molar-refractivity contribution in [2.24, 2.45) is 5.92 Å². The molecule has 0 unspecified atom stereocenters. The molecule has 0 atom stereocenters. The second kappa shape index (κ2) is 4.47. The number of carbonyl (C=O) groups is 1. The molecule has 1 saturated carbocycles. The van der Waals surface area contributed by atoms with Gasteiger partial charge in [0.1, 0.15) is 5.75 Å². The fraction of sp³-hybridized carbons (Fsp3) is 0.462. The molecule has 0 spiro atoms. The highest BCUT2D eigenvalue weighted by Crippen LogP contribution is 2.32. The van der Waals surface area contributed by atoms with Crippen LogP contribution in [0.2, 0.25) is 0 Å². The first-order valence-corrected chi connectivity index (χ1v) is 5.50. The van der Waals surface area contributed by atoms with E-state index in [-0.39, 0.29) is 5.78 Å². The topological polar surface area (TPSA) is 26.3 Å². The van der Waals surface area contributed by atoms with E-state index in [0.29, 0.717) is 5.56 Å². The zero-order valence-corrected chi connectivity index (χ0v) is 9.03. The van der Waals surface area contributed by atoms with E-state index in [1.54, 1.807) is 6.92 Å². The van der Waals surface area contributed by atoms with E-state index in [4.69, 9.17) is 4.74 Å². The molecule has 0 aromatic heterocycles. The first-order valence-electron chi connectivity index (χ1n) is 5.50. The lowest BCUT2D eigenvalue weighted by atomic mass is 10.1. The SMILES string of the molecule is CC(=O)c1ccccc1OCCC1CC1. The summed E-state index contributed by atoms with van der Waals surface area (Å²) < 4.78 is 5.63. The molecule has 0 heterocycles. The first-order chi connectivity index (χ1) is 7.27. The lowest BCUT2D eigenvalue weighted by Gasteiger charge is -2.08. The molecule has 1 aliphatic rings. The Morgan fingerprint density at radius 1 is 1.40 bits per heavy atom. The number of hydrogen-bond acceptors (Lipinski definition) is 2. The summed E-state index contributed by atoms with van der Waals surface area (Å²) in [5.74, 6) is 1.66. The van der Waals surface area contributed by atoms with Crippen molar-refractivity contribution in [2.45, 2.75) is 26.2 Å². The van der Waals surface area contributed by atoms with E-state index in [1.165, 1.54) is 12.8 Å². The van der Waals surface area contributed by atoms with Gasteiger partial charge in [-0.15, -0.1) is 0 Å². The van der Waals surface area contributed by atoms with Crippen LogP contribution in [-0.2, 0) is 0 Å². The van der Waals surface area contributed by atoms with Crippen LogP contribution in [0.25, 0.3) is 0 Å². The molecule has 0 radical (unpaired) electrons. The third-order valence-corrected chi connectivity index (χ3v) is 2.75. The maximum absolute atomic E-state index is 11.3. The van der Waals surface area contributed by atoms with Crippen LogP contribution in [0.5, 0.6) is 5.75 Å². The molecule has 0 saturated heterocycles. The molecule has 15 heavy (non-hydrogen) atoms. The average Bonchev–Trinajstić information content (AvgIpc) is 3.02. The predicted molar refractivity (Wildman–Crippen MR) is 59.3 cm³/mol. The van der Waals surface area contributed by atoms with E-state index in [1.807, 2.05) is 24.3 Å². The van der Waals surface area contributed by atoms with E-state index in [0.717, 1.165) is 24.7 Å². The number of hydrogen-bond donors (Lipinski definition) is 0. The van der Waals surface area contributed by atoms with Gasteiger partial charge in [-0.05, 0) is 31.4 Å². The molecule has 0 amide bonds. The van der Waals surface area contributed by atoms with Gasteiger partial charge < -0.3 is 4.74 Å². The van der Waals surface area contributed by atoms with Crippen molar-refractivity contribution in [1.82, 2.24) is 0 Å². The minimum atomic E-state index is 0.0667. The standard InChI is InChI=1S/C13H16O2/c1-10(14)12-4-2-3-5-13(12)15-9-8-11-6-7-11/h2-5,11H,6-9H2,1H3. The van der Waals surface area contributed by atoms with Gasteiger partial charge in [-0.3, -0.25) is 4.79 Å². The third kappa shape index (κ3) is 2.82.